The number of hydrogen-bond donors (Lipinski definition) is 1. The summed E-state index contributed by atoms with van der Waals surface area (Å²) in [5.41, 5.74) is 1.03. The van der Waals surface area contributed by atoms with Gasteiger partial charge in [0.25, 0.3) is 0 Å². The van der Waals surface area contributed by atoms with Crippen molar-refractivity contribution in [1.29, 1.82) is 0 Å². The van der Waals surface area contributed by atoms with Crippen LogP contribution in [0.2, 0.25) is 0 Å². The number of benzene rings is 1. The van der Waals surface area contributed by atoms with E-state index in [9.17, 15) is 4.79 Å². The van der Waals surface area contributed by atoms with Crippen LogP contribution < -0.4 is 5.32 Å². The Hall–Kier alpha value is -1.03. The molecule has 0 heterocycles. The average Bonchev–Trinajstić information content (AvgIpc) is 2.14. The van der Waals surface area contributed by atoms with Gasteiger partial charge in [0.1, 0.15) is 0 Å². The van der Waals surface area contributed by atoms with Crippen LogP contribution in [0, 0.1) is 0 Å². The van der Waals surface area contributed by atoms with Crippen molar-refractivity contribution in [3.05, 3.63) is 34.3 Å². The molecule has 1 aromatic carbocycles. The minimum absolute atomic E-state index is 0.0903. The first-order valence-electron chi connectivity index (χ1n) is 4.77. The zero-order valence-corrected chi connectivity index (χ0v) is 10.4. The standard InChI is InChI=1S/C11H14BrNO2/c1-8(2)15-11(14)13-7-9-4-3-5-10(12)6-9/h3-6,8H,7H2,1-2H3,(H,13,14). The predicted molar refractivity (Wildman–Crippen MR) is 62.6 cm³/mol. The molecule has 0 saturated carbocycles. The van der Waals surface area contributed by atoms with Gasteiger partial charge in [0.15, 0.2) is 0 Å². The van der Waals surface area contributed by atoms with E-state index >= 15 is 0 Å². The molecule has 1 N–H and O–H groups in total. The molecule has 0 aliphatic carbocycles. The number of amides is 1. The molecule has 0 bridgehead atoms. The molecule has 0 spiro atoms. The van der Waals surface area contributed by atoms with Crippen LogP contribution >= 0.6 is 15.9 Å². The molecule has 0 atom stereocenters. The van der Waals surface area contributed by atoms with Crippen LogP contribution in [-0.2, 0) is 11.3 Å². The second kappa shape index (κ2) is 5.75. The highest BCUT2D eigenvalue weighted by molar-refractivity contribution is 9.10. The molecule has 0 aliphatic heterocycles. The molecular weight excluding hydrogens is 258 g/mol. The summed E-state index contributed by atoms with van der Waals surface area (Å²) in [5, 5.41) is 2.68. The van der Waals surface area contributed by atoms with Crippen LogP contribution in [0.25, 0.3) is 0 Å². The zero-order valence-electron chi connectivity index (χ0n) is 8.79. The minimum Gasteiger partial charge on any atom is -0.447 e. The van der Waals surface area contributed by atoms with Gasteiger partial charge in [0, 0.05) is 11.0 Å². The highest BCUT2D eigenvalue weighted by atomic mass is 79.9. The molecule has 0 aromatic heterocycles. The van der Waals surface area contributed by atoms with Gasteiger partial charge in [0.05, 0.1) is 6.10 Å². The maximum Gasteiger partial charge on any atom is 0.407 e. The average molecular weight is 272 g/mol. The van der Waals surface area contributed by atoms with E-state index in [0.717, 1.165) is 10.0 Å². The number of carbonyl (C=O) groups is 1. The maximum absolute atomic E-state index is 11.2. The lowest BCUT2D eigenvalue weighted by atomic mass is 10.2. The van der Waals surface area contributed by atoms with Crippen molar-refractivity contribution < 1.29 is 9.53 Å². The largest absolute Gasteiger partial charge is 0.447 e. The van der Waals surface area contributed by atoms with Gasteiger partial charge in [-0.15, -0.1) is 0 Å². The van der Waals surface area contributed by atoms with Crippen LogP contribution in [0.1, 0.15) is 19.4 Å². The van der Waals surface area contributed by atoms with E-state index in [0.29, 0.717) is 6.54 Å². The van der Waals surface area contributed by atoms with Gasteiger partial charge >= 0.3 is 6.09 Å². The van der Waals surface area contributed by atoms with Crippen LogP contribution in [-0.4, -0.2) is 12.2 Å². The Bertz CT molecular complexity index is 339. The lowest BCUT2D eigenvalue weighted by Gasteiger charge is -2.09. The summed E-state index contributed by atoms with van der Waals surface area (Å²) < 4.78 is 5.94. The number of rotatable bonds is 3. The van der Waals surface area contributed by atoms with Crippen LogP contribution in [0.15, 0.2) is 28.7 Å². The van der Waals surface area contributed by atoms with Gasteiger partial charge in [-0.25, -0.2) is 4.79 Å². The first kappa shape index (κ1) is 12.0. The van der Waals surface area contributed by atoms with Gasteiger partial charge in [-0.05, 0) is 31.5 Å². The van der Waals surface area contributed by atoms with E-state index in [2.05, 4.69) is 21.2 Å². The molecule has 0 saturated heterocycles. The summed E-state index contributed by atoms with van der Waals surface area (Å²) in [7, 11) is 0. The number of nitrogens with one attached hydrogen (secondary N) is 1. The third-order valence-corrected chi connectivity index (χ3v) is 2.16. The minimum atomic E-state index is -0.384. The topological polar surface area (TPSA) is 38.3 Å². The molecule has 15 heavy (non-hydrogen) atoms. The van der Waals surface area contributed by atoms with Crippen molar-refractivity contribution in [3.63, 3.8) is 0 Å². The quantitative estimate of drug-likeness (QED) is 0.918. The van der Waals surface area contributed by atoms with Gasteiger partial charge in [-0.2, -0.15) is 0 Å². The smallest absolute Gasteiger partial charge is 0.407 e. The number of alkyl carbamates (subject to hydrolysis) is 1. The highest BCUT2D eigenvalue weighted by Crippen LogP contribution is 2.11. The molecule has 0 radical (unpaired) electrons. The van der Waals surface area contributed by atoms with Gasteiger partial charge in [-0.1, -0.05) is 28.1 Å². The van der Waals surface area contributed by atoms with Crippen molar-refractivity contribution >= 4 is 22.0 Å². The molecule has 1 amide bonds. The van der Waals surface area contributed by atoms with E-state index < -0.39 is 0 Å². The first-order valence-corrected chi connectivity index (χ1v) is 5.56. The van der Waals surface area contributed by atoms with Gasteiger partial charge in [-0.3, -0.25) is 0 Å². The van der Waals surface area contributed by atoms with Crippen molar-refractivity contribution in [2.45, 2.75) is 26.5 Å². The summed E-state index contributed by atoms with van der Waals surface area (Å²) >= 11 is 3.37. The second-order valence-electron chi connectivity index (χ2n) is 3.44. The highest BCUT2D eigenvalue weighted by Gasteiger charge is 2.03. The van der Waals surface area contributed by atoms with Crippen molar-refractivity contribution in [2.24, 2.45) is 0 Å². The lowest BCUT2D eigenvalue weighted by molar-refractivity contribution is 0.115. The van der Waals surface area contributed by atoms with E-state index in [1.54, 1.807) is 0 Å². The lowest BCUT2D eigenvalue weighted by Crippen LogP contribution is -2.26. The van der Waals surface area contributed by atoms with E-state index in [-0.39, 0.29) is 12.2 Å². The molecule has 0 fully saturated rings. The zero-order chi connectivity index (χ0) is 11.3. The Balaban J connectivity index is 2.40. The molecule has 0 unspecified atom stereocenters. The summed E-state index contributed by atoms with van der Waals surface area (Å²) in [5.74, 6) is 0. The summed E-state index contributed by atoms with van der Waals surface area (Å²) in [4.78, 5) is 11.2. The predicted octanol–water partition coefficient (Wildman–Crippen LogP) is 3.08. The summed E-state index contributed by atoms with van der Waals surface area (Å²) in [6, 6.07) is 7.76. The third kappa shape index (κ3) is 4.83. The molecule has 4 heteroatoms. The molecule has 3 nitrogen and oxygen atoms in total. The normalized spacial score (nSPS) is 10.1. The van der Waals surface area contributed by atoms with E-state index in [1.807, 2.05) is 38.1 Å². The number of carbonyl (C=O) groups excluding carboxylic acids is 1. The van der Waals surface area contributed by atoms with Crippen LogP contribution in [0.5, 0.6) is 0 Å². The number of ether oxygens (including phenoxy) is 1. The maximum atomic E-state index is 11.2. The summed E-state index contributed by atoms with van der Waals surface area (Å²) in [6.07, 6.45) is -0.475. The monoisotopic (exact) mass is 271 g/mol. The Morgan fingerprint density at radius 2 is 2.27 bits per heavy atom. The molecule has 0 aliphatic rings. The Morgan fingerprint density at radius 1 is 1.53 bits per heavy atom. The fourth-order valence-corrected chi connectivity index (χ4v) is 1.52. The van der Waals surface area contributed by atoms with Crippen LogP contribution in [0.4, 0.5) is 4.79 Å². The van der Waals surface area contributed by atoms with Crippen molar-refractivity contribution in [2.75, 3.05) is 0 Å². The van der Waals surface area contributed by atoms with Gasteiger partial charge < -0.3 is 10.1 Å². The molecule has 82 valence electrons. The fourth-order valence-electron chi connectivity index (χ4n) is 1.08. The molecule has 1 rings (SSSR count). The number of halogens is 1. The second-order valence-corrected chi connectivity index (χ2v) is 4.35. The van der Waals surface area contributed by atoms with Crippen molar-refractivity contribution in [3.8, 4) is 0 Å². The Morgan fingerprint density at radius 3 is 2.87 bits per heavy atom. The fraction of sp³-hybridized carbons (Fsp3) is 0.364. The van der Waals surface area contributed by atoms with Gasteiger partial charge in [0.2, 0.25) is 0 Å². The third-order valence-electron chi connectivity index (χ3n) is 1.67. The molecule has 1 aromatic rings. The van der Waals surface area contributed by atoms with Crippen molar-refractivity contribution in [1.82, 2.24) is 5.32 Å². The first-order chi connectivity index (χ1) is 7.08. The molecular formula is C11H14BrNO2. The van der Waals surface area contributed by atoms with E-state index in [4.69, 9.17) is 4.74 Å². The summed E-state index contributed by atoms with van der Waals surface area (Å²) in [6.45, 7) is 4.11. The van der Waals surface area contributed by atoms with Crippen LogP contribution in [0.3, 0.4) is 0 Å². The Kier molecular flexibility index (Phi) is 4.62. The SMILES string of the molecule is CC(C)OC(=O)NCc1cccc(Br)c1. The van der Waals surface area contributed by atoms with E-state index in [1.165, 1.54) is 0 Å². The number of hydrogen-bond acceptors (Lipinski definition) is 2. The Labute approximate surface area is 97.9 Å².